The summed E-state index contributed by atoms with van der Waals surface area (Å²) in [4.78, 5) is 4.84. The number of nitrogens with zero attached hydrogens (tertiary/aromatic N) is 1. The Balaban J connectivity index is 0.000000794. The molecule has 0 radical (unpaired) electrons. The summed E-state index contributed by atoms with van der Waals surface area (Å²) in [5, 5.41) is 22.0. The molecular formula is C31H43Cl2NO3Zr. The van der Waals surface area contributed by atoms with Gasteiger partial charge in [0.05, 0.1) is 11.4 Å². The molecule has 0 aliphatic carbocycles. The summed E-state index contributed by atoms with van der Waals surface area (Å²) in [6.07, 6.45) is 0. The molecule has 0 spiro atoms. The number of pyridine rings is 1. The van der Waals surface area contributed by atoms with E-state index in [0.29, 0.717) is 22.5 Å². The third kappa shape index (κ3) is 9.98. The topological polar surface area (TPSA) is 62.6 Å². The van der Waals surface area contributed by atoms with Gasteiger partial charge < -0.3 is 14.9 Å². The number of aromatic nitrogens is 1. The summed E-state index contributed by atoms with van der Waals surface area (Å²) in [5.41, 5.74) is 6.40. The first-order chi connectivity index (χ1) is 17.6. The fraction of sp³-hybridized carbons (Fsp3) is 0.452. The molecule has 38 heavy (non-hydrogen) atoms. The van der Waals surface area contributed by atoms with E-state index < -0.39 is 20.8 Å². The maximum atomic E-state index is 11.0. The van der Waals surface area contributed by atoms with Gasteiger partial charge in [-0.05, 0) is 73.9 Å². The van der Waals surface area contributed by atoms with E-state index in [1.54, 1.807) is 0 Å². The van der Waals surface area contributed by atoms with Crippen LogP contribution in [-0.4, -0.2) is 28.4 Å². The van der Waals surface area contributed by atoms with Gasteiger partial charge in [-0.1, -0.05) is 59.7 Å². The second-order valence-electron chi connectivity index (χ2n) is 11.2. The zero-order valence-corrected chi connectivity index (χ0v) is 28.4. The number of hydrogen-bond donors (Lipinski definition) is 2. The van der Waals surface area contributed by atoms with E-state index in [0.717, 1.165) is 35.5 Å². The number of hydrogen-bond acceptors (Lipinski definition) is 4. The molecule has 2 N–H and O–H groups in total. The average molecular weight is 640 g/mol. The van der Waals surface area contributed by atoms with Crippen molar-refractivity contribution in [2.75, 3.05) is 13.2 Å². The molecule has 0 atom stereocenters. The fourth-order valence-corrected chi connectivity index (χ4v) is 4.03. The van der Waals surface area contributed by atoms with Gasteiger partial charge in [0.15, 0.2) is 0 Å². The Morgan fingerprint density at radius 2 is 1.08 bits per heavy atom. The van der Waals surface area contributed by atoms with Crippen molar-refractivity contribution < 1.29 is 35.8 Å². The van der Waals surface area contributed by atoms with E-state index in [9.17, 15) is 10.2 Å². The van der Waals surface area contributed by atoms with Gasteiger partial charge in [-0.25, -0.2) is 4.98 Å². The first-order valence-corrected chi connectivity index (χ1v) is 19.1. The van der Waals surface area contributed by atoms with E-state index in [1.807, 2.05) is 70.2 Å². The summed E-state index contributed by atoms with van der Waals surface area (Å²) in [6.45, 7) is 22.3. The van der Waals surface area contributed by atoms with Crippen molar-refractivity contribution >= 4 is 17.0 Å². The van der Waals surface area contributed by atoms with Gasteiger partial charge in [0.2, 0.25) is 0 Å². The van der Waals surface area contributed by atoms with Crippen LogP contribution in [0.25, 0.3) is 22.5 Å². The van der Waals surface area contributed by atoms with Gasteiger partial charge in [-0.2, -0.15) is 0 Å². The standard InChI is InChI=1S/C27H33NO2.C4H10O.2ClH.Zr/c1-16-12-18(24(29)20(14-16)26(3,4)5)22-10-9-11-23(28-22)19-13-17(2)15-21(25(19)30)27(6,7)8;1-3-5-4-2;;;/h9-15,29-30H,1-8H3;3-4H2,1-2H3;2*1H;/q;;;;+2/p-2. The fourth-order valence-electron chi connectivity index (χ4n) is 4.03. The number of halogens is 2. The van der Waals surface area contributed by atoms with Crippen LogP contribution in [-0.2, 0) is 36.4 Å². The molecule has 1 aromatic heterocycles. The van der Waals surface area contributed by atoms with Gasteiger partial charge in [-0.3, -0.25) is 0 Å². The Hall–Kier alpha value is -1.39. The number of phenolic OH excluding ortho intramolecular Hbond substituents is 2. The van der Waals surface area contributed by atoms with Crippen molar-refractivity contribution in [2.24, 2.45) is 0 Å². The Morgan fingerprint density at radius 3 is 1.34 bits per heavy atom. The molecule has 3 rings (SSSR count). The van der Waals surface area contributed by atoms with Crippen LogP contribution >= 0.6 is 17.0 Å². The molecule has 3 aromatic rings. The van der Waals surface area contributed by atoms with Crippen molar-refractivity contribution in [3.8, 4) is 34.0 Å². The predicted octanol–water partition coefficient (Wildman–Crippen LogP) is 9.46. The van der Waals surface area contributed by atoms with Crippen LogP contribution in [0.4, 0.5) is 0 Å². The molecule has 4 nitrogen and oxygen atoms in total. The Kier molecular flexibility index (Phi) is 14.1. The van der Waals surface area contributed by atoms with E-state index in [-0.39, 0.29) is 22.3 Å². The molecular weight excluding hydrogens is 596 g/mol. The number of rotatable bonds is 4. The zero-order valence-electron chi connectivity index (χ0n) is 24.5. The van der Waals surface area contributed by atoms with Crippen LogP contribution in [0.2, 0.25) is 0 Å². The van der Waals surface area contributed by atoms with Crippen LogP contribution in [0.5, 0.6) is 11.5 Å². The van der Waals surface area contributed by atoms with E-state index in [2.05, 4.69) is 41.5 Å². The third-order valence-electron chi connectivity index (χ3n) is 5.83. The van der Waals surface area contributed by atoms with Crippen molar-refractivity contribution in [1.82, 2.24) is 4.98 Å². The molecule has 0 bridgehead atoms. The monoisotopic (exact) mass is 637 g/mol. The molecule has 0 aliphatic heterocycles. The molecule has 7 heteroatoms. The van der Waals surface area contributed by atoms with Crippen molar-refractivity contribution in [3.63, 3.8) is 0 Å². The van der Waals surface area contributed by atoms with Crippen molar-refractivity contribution in [3.05, 3.63) is 64.7 Å². The van der Waals surface area contributed by atoms with E-state index in [1.165, 1.54) is 0 Å². The van der Waals surface area contributed by atoms with Crippen molar-refractivity contribution in [2.45, 2.75) is 80.1 Å². The number of ether oxygens (including phenoxy) is 1. The zero-order chi connectivity index (χ0) is 29.3. The van der Waals surface area contributed by atoms with Crippen LogP contribution < -0.4 is 0 Å². The SMILES string of the molecule is CCOCC.Cc1cc(-c2cccc(-c3cc(C)cc(C(C)(C)C)c3O)n2)c(O)c(C(C)(C)C)c1.[Cl][Zr][Cl]. The van der Waals surface area contributed by atoms with E-state index in [4.69, 9.17) is 26.7 Å². The molecule has 0 aliphatic rings. The quantitative estimate of drug-likeness (QED) is 0.299. The van der Waals surface area contributed by atoms with Crippen LogP contribution in [0, 0.1) is 13.8 Å². The van der Waals surface area contributed by atoms with Gasteiger partial charge in [0.25, 0.3) is 0 Å². The van der Waals surface area contributed by atoms with Crippen LogP contribution in [0.15, 0.2) is 42.5 Å². The molecule has 0 saturated carbocycles. The van der Waals surface area contributed by atoms with Crippen molar-refractivity contribution in [1.29, 1.82) is 0 Å². The van der Waals surface area contributed by atoms with E-state index >= 15 is 0 Å². The molecule has 0 fully saturated rings. The number of benzene rings is 2. The molecule has 1 heterocycles. The number of aromatic hydroxyl groups is 2. The van der Waals surface area contributed by atoms with Gasteiger partial charge in [0.1, 0.15) is 11.5 Å². The number of phenols is 2. The Bertz CT molecular complexity index is 1100. The van der Waals surface area contributed by atoms with Gasteiger partial charge in [-0.15, -0.1) is 0 Å². The minimum atomic E-state index is -0.826. The summed E-state index contributed by atoms with van der Waals surface area (Å²) in [7, 11) is 9.87. The minimum absolute atomic E-state index is 0.182. The first kappa shape index (κ1) is 34.6. The molecule has 208 valence electrons. The van der Waals surface area contributed by atoms with Gasteiger partial charge >= 0.3 is 37.9 Å². The molecule has 0 saturated heterocycles. The molecule has 2 aromatic carbocycles. The second-order valence-corrected chi connectivity index (χ2v) is 14.9. The molecule has 0 amide bonds. The first-order valence-electron chi connectivity index (χ1n) is 12.8. The summed E-state index contributed by atoms with van der Waals surface area (Å²) in [6, 6.07) is 13.7. The Labute approximate surface area is 248 Å². The summed E-state index contributed by atoms with van der Waals surface area (Å²) >= 11 is -0.826. The Morgan fingerprint density at radius 1 is 0.737 bits per heavy atom. The normalized spacial score (nSPS) is 11.2. The maximum absolute atomic E-state index is 11.0. The average Bonchev–Trinajstić information content (AvgIpc) is 2.82. The third-order valence-corrected chi connectivity index (χ3v) is 5.83. The number of aryl methyl sites for hydroxylation is 2. The summed E-state index contributed by atoms with van der Waals surface area (Å²) < 4.78 is 4.83. The summed E-state index contributed by atoms with van der Waals surface area (Å²) in [5.74, 6) is 0.531. The van der Waals surface area contributed by atoms with Gasteiger partial charge in [0, 0.05) is 35.5 Å². The predicted molar refractivity (Wildman–Crippen MR) is 159 cm³/mol. The molecule has 0 unspecified atom stereocenters. The van der Waals surface area contributed by atoms with Crippen LogP contribution in [0.1, 0.15) is 77.6 Å². The van der Waals surface area contributed by atoms with Crippen LogP contribution in [0.3, 0.4) is 0 Å². The second kappa shape index (κ2) is 15.4.